The van der Waals surface area contributed by atoms with E-state index in [-0.39, 0.29) is 20.1 Å². The summed E-state index contributed by atoms with van der Waals surface area (Å²) in [6.45, 7) is 6.56. The van der Waals surface area contributed by atoms with Crippen molar-refractivity contribution in [3.8, 4) is 50.6 Å². The third-order valence-electron chi connectivity index (χ3n) is 13.0. The first-order chi connectivity index (χ1) is 33.6. The van der Waals surface area contributed by atoms with Gasteiger partial charge in [-0.25, -0.2) is 4.98 Å². The second-order valence-electron chi connectivity index (χ2n) is 19.4. The van der Waals surface area contributed by atoms with Gasteiger partial charge in [0.05, 0.1) is 22.4 Å². The van der Waals surface area contributed by atoms with Gasteiger partial charge in [-0.2, -0.15) is 0 Å². The minimum Gasteiger partial charge on any atom is -0.486 e. The Bertz CT molecular complexity index is 3840. The van der Waals surface area contributed by atoms with Gasteiger partial charge in [-0.15, -0.1) is 18.2 Å². The van der Waals surface area contributed by atoms with Crippen LogP contribution in [0, 0.1) is 25.0 Å². The Morgan fingerprint density at radius 1 is 0.600 bits per heavy atom. The number of aromatic nitrogens is 4. The first-order valence-electron chi connectivity index (χ1n) is 23.9. The number of fused-ring (bicyclic) bond motifs is 9. The van der Waals surface area contributed by atoms with E-state index in [9.17, 15) is 0 Å². The summed E-state index contributed by atoms with van der Waals surface area (Å²) in [5, 5.41) is 6.56. The van der Waals surface area contributed by atoms with Crippen molar-refractivity contribution in [2.45, 2.75) is 44.5 Å². The van der Waals surface area contributed by atoms with Crippen LogP contribution in [0.25, 0.3) is 105 Å². The molecule has 0 fully saturated rings. The number of aryl methyl sites for hydroxylation is 1. The molecule has 0 aliphatic carbocycles. The fourth-order valence-corrected chi connectivity index (χ4v) is 13.2. The Morgan fingerprint density at radius 3 is 1.97 bits per heavy atom. The van der Waals surface area contributed by atoms with Crippen LogP contribution in [0.3, 0.4) is 0 Å². The van der Waals surface area contributed by atoms with Gasteiger partial charge < -0.3 is 8.98 Å². The predicted octanol–water partition coefficient (Wildman–Crippen LogP) is 16.0. The molecule has 5 nitrogen and oxygen atoms in total. The van der Waals surface area contributed by atoms with Crippen LogP contribution in [0.5, 0.6) is 0 Å². The van der Waals surface area contributed by atoms with Gasteiger partial charge in [-0.05, 0) is 52.6 Å². The Kier molecular flexibility index (Phi) is 13.0. The molecule has 0 bridgehead atoms. The van der Waals surface area contributed by atoms with E-state index in [0.29, 0.717) is 11.6 Å². The van der Waals surface area contributed by atoms with E-state index < -0.39 is 13.3 Å². The first kappa shape index (κ1) is 46.8. The van der Waals surface area contributed by atoms with E-state index in [1.807, 2.05) is 37.3 Å². The zero-order valence-corrected chi connectivity index (χ0v) is 44.7. The average Bonchev–Trinajstić information content (AvgIpc) is 3.96. The fraction of sp³-hybridized carbons (Fsp3) is 0.127. The van der Waals surface area contributed by atoms with Gasteiger partial charge in [0.15, 0.2) is 0 Å². The van der Waals surface area contributed by atoms with Crippen LogP contribution in [0.1, 0.15) is 25.1 Å². The van der Waals surface area contributed by atoms with E-state index in [0.717, 1.165) is 101 Å². The molecule has 1 radical (unpaired) electrons. The summed E-state index contributed by atoms with van der Waals surface area (Å²) in [6.07, 6.45) is 3.27. The van der Waals surface area contributed by atoms with Gasteiger partial charge in [-0.3, -0.25) is 4.98 Å². The van der Waals surface area contributed by atoms with E-state index in [2.05, 4.69) is 206 Å². The summed E-state index contributed by atoms with van der Waals surface area (Å²) < 4.78 is 10.5. The molecular weight excluding hydrogens is 1090 g/mol. The van der Waals surface area contributed by atoms with E-state index in [1.54, 1.807) is 4.40 Å². The number of pyridine rings is 2. The molecule has 0 N–H and O–H groups in total. The summed E-state index contributed by atoms with van der Waals surface area (Å²) in [6, 6.07) is 70.5. The first-order valence-corrected chi connectivity index (χ1v) is 31.2. The van der Waals surface area contributed by atoms with Crippen molar-refractivity contribution in [1.82, 2.24) is 19.5 Å². The molecule has 345 valence electrons. The Hall–Kier alpha value is -6.96. The molecular formula is C63H52GeIrN4O-2. The van der Waals surface area contributed by atoms with E-state index in [1.165, 1.54) is 16.3 Å². The van der Waals surface area contributed by atoms with Crippen molar-refractivity contribution in [2.24, 2.45) is 5.92 Å². The standard InChI is InChI=1S/C45H28N3O.C18H24GeN.Ir/c1-28-23-25-38-37-21-12-22-39(43(37)49-45(38)46-28)44-47-41-35-19-10-8-17-33(35)34-18-9-11-20-36(34)42(41)48(44)40-27-31(29-13-4-2-5-14-29)24-26-32(40)30-15-6-3-7-16-30;1-14(2)11-16-12-18(15-9-7-6-8-10-15)20-13-17(16)19(3,4)5;/h2-21,23-27H,1H3;6-9,12-14H,11H2,1-5H3;/q2*-1;. The molecule has 70 heavy (non-hydrogen) atoms. The quantitative estimate of drug-likeness (QED) is 0.0864. The molecule has 0 amide bonds. The van der Waals surface area contributed by atoms with Gasteiger partial charge in [0.1, 0.15) is 0 Å². The molecule has 0 saturated carbocycles. The molecule has 0 aliphatic heterocycles. The van der Waals surface area contributed by atoms with Crippen molar-refractivity contribution < 1.29 is 24.5 Å². The summed E-state index contributed by atoms with van der Waals surface area (Å²) >= 11 is -1.86. The fourth-order valence-electron chi connectivity index (χ4n) is 9.86. The van der Waals surface area contributed by atoms with Crippen LogP contribution in [0.2, 0.25) is 17.3 Å². The monoisotopic (exact) mass is 1150 g/mol. The molecule has 0 atom stereocenters. The maximum atomic E-state index is 6.59. The maximum Gasteiger partial charge on any atom is 0.216 e. The average molecular weight is 1150 g/mol. The van der Waals surface area contributed by atoms with Crippen molar-refractivity contribution in [2.75, 3.05) is 0 Å². The third kappa shape index (κ3) is 8.81. The van der Waals surface area contributed by atoms with Gasteiger partial charge in [0, 0.05) is 53.2 Å². The largest absolute Gasteiger partial charge is 0.486 e. The van der Waals surface area contributed by atoms with Crippen LogP contribution >= 0.6 is 0 Å². The van der Waals surface area contributed by atoms with E-state index in [4.69, 9.17) is 19.4 Å². The van der Waals surface area contributed by atoms with Gasteiger partial charge >= 0.3 is 126 Å². The van der Waals surface area contributed by atoms with Crippen molar-refractivity contribution in [3.63, 3.8) is 0 Å². The van der Waals surface area contributed by atoms with Gasteiger partial charge in [0.25, 0.3) is 0 Å². The Balaban J connectivity index is 0.000000229. The number of imidazole rings is 1. The molecule has 0 unspecified atom stereocenters. The van der Waals surface area contributed by atoms with Crippen LogP contribution in [-0.4, -0.2) is 32.8 Å². The molecule has 4 heterocycles. The van der Waals surface area contributed by atoms with Crippen LogP contribution in [0.4, 0.5) is 0 Å². The number of benzene rings is 8. The summed E-state index contributed by atoms with van der Waals surface area (Å²) in [5.74, 6) is 8.76. The van der Waals surface area contributed by atoms with E-state index >= 15 is 0 Å². The number of hydrogen-bond acceptors (Lipinski definition) is 4. The van der Waals surface area contributed by atoms with Gasteiger partial charge in [-0.1, -0.05) is 132 Å². The van der Waals surface area contributed by atoms with Crippen LogP contribution in [-0.2, 0) is 26.5 Å². The Morgan fingerprint density at radius 2 is 1.27 bits per heavy atom. The summed E-state index contributed by atoms with van der Waals surface area (Å²) in [7, 11) is 0. The SMILES string of the molecule is CC(C)Cc1cc(-c2[c-]cccc2)nc[c]1[Ge]([CH3])([CH3])[CH3].Cc1ccc2c(n1)oc1c(-c3nc4c5ccccc5c5ccccc5c4n3-c3cc(-c4ccccc4)ccc3-c3ccccc3)[c-]ccc12.[Ir]. The number of nitrogens with zero attached hydrogens (tertiary/aromatic N) is 4. The summed E-state index contributed by atoms with van der Waals surface area (Å²) in [5.41, 5.74) is 14.2. The Labute approximate surface area is 426 Å². The molecule has 0 spiro atoms. The smallest absolute Gasteiger partial charge is 0.216 e. The molecule has 0 saturated heterocycles. The zero-order valence-electron chi connectivity index (χ0n) is 40.2. The predicted molar refractivity (Wildman–Crippen MR) is 291 cm³/mol. The molecule has 4 aromatic heterocycles. The van der Waals surface area contributed by atoms with Crippen molar-refractivity contribution >= 4 is 72.3 Å². The minimum atomic E-state index is -1.86. The zero-order chi connectivity index (χ0) is 47.2. The second kappa shape index (κ2) is 19.4. The molecule has 0 aliphatic rings. The van der Waals surface area contributed by atoms with Crippen molar-refractivity contribution in [1.29, 1.82) is 0 Å². The maximum absolute atomic E-state index is 6.59. The van der Waals surface area contributed by atoms with Crippen LogP contribution < -0.4 is 4.40 Å². The molecule has 7 heteroatoms. The number of furan rings is 1. The summed E-state index contributed by atoms with van der Waals surface area (Å²) in [4.78, 5) is 15.0. The number of hydrogen-bond donors (Lipinski definition) is 0. The normalized spacial score (nSPS) is 11.6. The molecule has 12 aromatic rings. The van der Waals surface area contributed by atoms with Crippen LogP contribution in [0.15, 0.2) is 193 Å². The van der Waals surface area contributed by atoms with Gasteiger partial charge in [0.2, 0.25) is 5.71 Å². The topological polar surface area (TPSA) is 56.7 Å². The minimum absolute atomic E-state index is 0. The third-order valence-corrected chi connectivity index (χ3v) is 17.4. The molecule has 12 rings (SSSR count). The second-order valence-corrected chi connectivity index (χ2v) is 29.9. The van der Waals surface area contributed by atoms with Crippen molar-refractivity contribution in [3.05, 3.63) is 212 Å². The molecule has 8 aromatic carbocycles. The number of rotatable bonds is 8.